The van der Waals surface area contributed by atoms with Crippen LogP contribution in [0.25, 0.3) is 0 Å². The average Bonchev–Trinajstić information content (AvgIpc) is 3.08. The molecule has 3 rings (SSSR count). The Morgan fingerprint density at radius 3 is 2.58 bits per heavy atom. The van der Waals surface area contributed by atoms with Gasteiger partial charge in [-0.2, -0.15) is 18.4 Å². The maximum atomic E-state index is 13.1. The highest BCUT2D eigenvalue weighted by Gasteiger charge is 2.38. The zero-order valence-electron chi connectivity index (χ0n) is 12.3. The largest absolute Gasteiger partial charge is 0.417 e. The third kappa shape index (κ3) is 3.21. The van der Waals surface area contributed by atoms with Crippen LogP contribution in [0.15, 0.2) is 18.2 Å². The fourth-order valence-electron chi connectivity index (χ4n) is 2.82. The van der Waals surface area contributed by atoms with Gasteiger partial charge in [-0.25, -0.2) is 0 Å². The number of aromatic nitrogens is 4. The zero-order chi connectivity index (χ0) is 17.3. The summed E-state index contributed by atoms with van der Waals surface area (Å²) in [7, 11) is 0. The van der Waals surface area contributed by atoms with E-state index in [2.05, 4.69) is 20.6 Å². The molecule has 1 aliphatic heterocycles. The average molecular weight is 360 g/mol. The van der Waals surface area contributed by atoms with E-state index in [0.717, 1.165) is 6.07 Å². The number of tetrazole rings is 1. The minimum Gasteiger partial charge on any atom is -0.339 e. The molecule has 10 heteroatoms. The van der Waals surface area contributed by atoms with Crippen molar-refractivity contribution in [2.24, 2.45) is 0 Å². The summed E-state index contributed by atoms with van der Waals surface area (Å²) in [5, 5.41) is 13.5. The zero-order valence-corrected chi connectivity index (χ0v) is 13.1. The molecule has 0 unspecified atom stereocenters. The van der Waals surface area contributed by atoms with Gasteiger partial charge in [-0.15, -0.1) is 10.2 Å². The van der Waals surface area contributed by atoms with Crippen molar-refractivity contribution < 1.29 is 18.0 Å². The van der Waals surface area contributed by atoms with Crippen molar-refractivity contribution in [2.75, 3.05) is 13.1 Å². The highest BCUT2D eigenvalue weighted by molar-refractivity contribution is 6.34. The van der Waals surface area contributed by atoms with Crippen molar-refractivity contribution >= 4 is 17.5 Å². The molecular formula is C14H13ClF3N5O. The monoisotopic (exact) mass is 359 g/mol. The lowest BCUT2D eigenvalue weighted by molar-refractivity contribution is -0.138. The highest BCUT2D eigenvalue weighted by atomic mass is 35.5. The minimum atomic E-state index is -4.64. The number of rotatable bonds is 2. The Labute approximate surface area is 140 Å². The number of H-pyrrole nitrogens is 1. The topological polar surface area (TPSA) is 74.8 Å². The molecule has 0 atom stereocenters. The Morgan fingerprint density at radius 2 is 2.00 bits per heavy atom. The first-order chi connectivity index (χ1) is 11.4. The van der Waals surface area contributed by atoms with Crippen LogP contribution in [0.1, 0.15) is 40.5 Å². The van der Waals surface area contributed by atoms with Crippen LogP contribution in [0.4, 0.5) is 13.2 Å². The Bertz CT molecular complexity index is 727. The minimum absolute atomic E-state index is 0.0288. The Hall–Kier alpha value is -2.16. The highest BCUT2D eigenvalue weighted by Crippen LogP contribution is 2.36. The van der Waals surface area contributed by atoms with Crippen LogP contribution >= 0.6 is 11.6 Å². The lowest BCUT2D eigenvalue weighted by Crippen LogP contribution is -2.39. The summed E-state index contributed by atoms with van der Waals surface area (Å²) in [6.45, 7) is 0.612. The second-order valence-electron chi connectivity index (χ2n) is 5.50. The van der Waals surface area contributed by atoms with Gasteiger partial charge in [0.2, 0.25) is 0 Å². The van der Waals surface area contributed by atoms with Crippen molar-refractivity contribution in [1.82, 2.24) is 25.5 Å². The van der Waals surface area contributed by atoms with Crippen LogP contribution in [0.2, 0.25) is 5.02 Å². The van der Waals surface area contributed by atoms with Crippen LogP contribution < -0.4 is 0 Å². The molecule has 128 valence electrons. The summed E-state index contributed by atoms with van der Waals surface area (Å²) in [5.41, 5.74) is -1.51. The number of piperidine rings is 1. The number of aromatic amines is 1. The number of hydrogen-bond acceptors (Lipinski definition) is 4. The first-order valence-electron chi connectivity index (χ1n) is 7.26. The van der Waals surface area contributed by atoms with Crippen molar-refractivity contribution in [1.29, 1.82) is 0 Å². The van der Waals surface area contributed by atoms with Gasteiger partial charge < -0.3 is 4.90 Å². The molecule has 0 aliphatic carbocycles. The van der Waals surface area contributed by atoms with Crippen molar-refractivity contribution in [3.8, 4) is 0 Å². The van der Waals surface area contributed by atoms with Crippen LogP contribution in [0.3, 0.4) is 0 Å². The van der Waals surface area contributed by atoms with E-state index in [0.29, 0.717) is 31.8 Å². The smallest absolute Gasteiger partial charge is 0.339 e. The van der Waals surface area contributed by atoms with Crippen molar-refractivity contribution in [3.63, 3.8) is 0 Å². The molecule has 1 aromatic heterocycles. The number of carbonyl (C=O) groups excluding carboxylic acids is 1. The summed E-state index contributed by atoms with van der Waals surface area (Å²) in [5.74, 6) is -0.128. The number of hydrogen-bond donors (Lipinski definition) is 1. The lowest BCUT2D eigenvalue weighted by Gasteiger charge is -2.31. The molecular weight excluding hydrogens is 347 g/mol. The van der Waals surface area contributed by atoms with E-state index < -0.39 is 23.2 Å². The maximum absolute atomic E-state index is 13.1. The predicted octanol–water partition coefficient (Wildman–Crippen LogP) is 2.89. The lowest BCUT2D eigenvalue weighted by atomic mass is 9.95. The summed E-state index contributed by atoms with van der Waals surface area (Å²) < 4.78 is 39.4. The molecule has 1 fully saturated rings. The number of benzene rings is 1. The normalized spacial score (nSPS) is 16.4. The Morgan fingerprint density at radius 1 is 1.29 bits per heavy atom. The molecule has 6 nitrogen and oxygen atoms in total. The van der Waals surface area contributed by atoms with Gasteiger partial charge in [0.15, 0.2) is 5.82 Å². The van der Waals surface area contributed by atoms with Gasteiger partial charge in [0.05, 0.1) is 16.1 Å². The van der Waals surface area contributed by atoms with Crippen LogP contribution in [0.5, 0.6) is 0 Å². The van der Waals surface area contributed by atoms with E-state index >= 15 is 0 Å². The van der Waals surface area contributed by atoms with Gasteiger partial charge in [0, 0.05) is 19.0 Å². The fourth-order valence-corrected chi connectivity index (χ4v) is 3.07. The predicted molar refractivity (Wildman–Crippen MR) is 78.5 cm³/mol. The molecule has 1 amide bonds. The summed E-state index contributed by atoms with van der Waals surface area (Å²) >= 11 is 5.88. The number of amides is 1. The Kier molecular flexibility index (Phi) is 4.44. The summed E-state index contributed by atoms with van der Waals surface area (Å²) in [6, 6.07) is 3.34. The molecule has 2 aromatic rings. The second kappa shape index (κ2) is 6.39. The first kappa shape index (κ1) is 16.7. The Balaban J connectivity index is 1.79. The molecule has 2 heterocycles. The number of likely N-dealkylation sites (tertiary alicyclic amines) is 1. The number of carbonyl (C=O) groups is 1. The molecule has 24 heavy (non-hydrogen) atoms. The molecule has 1 N–H and O–H groups in total. The standard InChI is InChI=1S/C14H13ClF3N5O/c15-10-3-1-2-9(14(16,17)18)11(10)13(24)23-6-4-8(5-7-23)12-19-21-22-20-12/h1-3,8H,4-7H2,(H,19,20,21,22). The number of halogens is 4. The second-order valence-corrected chi connectivity index (χ2v) is 5.90. The fraction of sp³-hybridized carbons (Fsp3) is 0.429. The van der Waals surface area contributed by atoms with E-state index in [1.807, 2.05) is 0 Å². The first-order valence-corrected chi connectivity index (χ1v) is 7.64. The van der Waals surface area contributed by atoms with Crippen molar-refractivity contribution in [3.05, 3.63) is 40.2 Å². The molecule has 0 radical (unpaired) electrons. The maximum Gasteiger partial charge on any atom is 0.417 e. The third-order valence-corrected chi connectivity index (χ3v) is 4.36. The molecule has 0 spiro atoms. The molecule has 0 saturated carbocycles. The van der Waals surface area contributed by atoms with Gasteiger partial charge in [-0.3, -0.25) is 4.79 Å². The summed E-state index contributed by atoms with van der Waals surface area (Å²) in [4.78, 5) is 14.0. The van der Waals surface area contributed by atoms with Gasteiger partial charge in [-0.05, 0) is 25.0 Å². The van der Waals surface area contributed by atoms with E-state index in [9.17, 15) is 18.0 Å². The SMILES string of the molecule is O=C(c1c(Cl)cccc1C(F)(F)F)N1CCC(c2nn[nH]n2)CC1. The van der Waals surface area contributed by atoms with Crippen LogP contribution in [-0.4, -0.2) is 44.5 Å². The quantitative estimate of drug-likeness (QED) is 0.894. The van der Waals surface area contributed by atoms with Gasteiger partial charge in [0.25, 0.3) is 5.91 Å². The molecule has 1 saturated heterocycles. The molecule has 1 aromatic carbocycles. The van der Waals surface area contributed by atoms with E-state index in [4.69, 9.17) is 11.6 Å². The summed E-state index contributed by atoms with van der Waals surface area (Å²) in [6.07, 6.45) is -3.53. The number of nitrogens with one attached hydrogen (secondary N) is 1. The van der Waals surface area contributed by atoms with E-state index in [-0.39, 0.29) is 10.9 Å². The molecule has 1 aliphatic rings. The van der Waals surface area contributed by atoms with Gasteiger partial charge in [0.1, 0.15) is 0 Å². The van der Waals surface area contributed by atoms with Crippen LogP contribution in [0, 0.1) is 0 Å². The van der Waals surface area contributed by atoms with Gasteiger partial charge >= 0.3 is 6.18 Å². The van der Waals surface area contributed by atoms with Crippen LogP contribution in [-0.2, 0) is 6.18 Å². The number of alkyl halides is 3. The number of nitrogens with zero attached hydrogens (tertiary/aromatic N) is 4. The van der Waals surface area contributed by atoms with E-state index in [1.165, 1.54) is 17.0 Å². The third-order valence-electron chi connectivity index (χ3n) is 4.04. The van der Waals surface area contributed by atoms with Gasteiger partial charge in [-0.1, -0.05) is 22.9 Å². The van der Waals surface area contributed by atoms with Crippen molar-refractivity contribution in [2.45, 2.75) is 24.9 Å². The molecule has 0 bridgehead atoms. The van der Waals surface area contributed by atoms with E-state index in [1.54, 1.807) is 0 Å².